The number of carbonyl (C=O) groups excluding carboxylic acids is 2. The summed E-state index contributed by atoms with van der Waals surface area (Å²) in [5, 5.41) is 6.09. The second-order valence-corrected chi connectivity index (χ2v) is 6.71. The Morgan fingerprint density at radius 2 is 2.00 bits per heavy atom. The van der Waals surface area contributed by atoms with E-state index in [1.807, 2.05) is 42.2 Å². The van der Waals surface area contributed by atoms with Crippen molar-refractivity contribution in [3.63, 3.8) is 0 Å². The summed E-state index contributed by atoms with van der Waals surface area (Å²) in [7, 11) is 1.57. The lowest BCUT2D eigenvalue weighted by Gasteiger charge is -2.21. The molecule has 0 aliphatic carbocycles. The predicted octanol–water partition coefficient (Wildman–Crippen LogP) is 3.57. The van der Waals surface area contributed by atoms with Gasteiger partial charge in [-0.15, -0.1) is 0 Å². The van der Waals surface area contributed by atoms with Crippen molar-refractivity contribution in [3.05, 3.63) is 48.0 Å². The SMILES string of the molecule is COc1ccccc1NC(=O)[C@@H](C)Nc1ccc(N2CCCC2=O)c(C)c1. The van der Waals surface area contributed by atoms with Gasteiger partial charge < -0.3 is 20.3 Å². The van der Waals surface area contributed by atoms with Gasteiger partial charge >= 0.3 is 0 Å². The maximum Gasteiger partial charge on any atom is 0.246 e. The van der Waals surface area contributed by atoms with Gasteiger partial charge in [0.25, 0.3) is 0 Å². The Morgan fingerprint density at radius 3 is 2.67 bits per heavy atom. The molecule has 1 heterocycles. The number of ether oxygens (including phenoxy) is 1. The molecule has 0 aromatic heterocycles. The van der Waals surface area contributed by atoms with Crippen LogP contribution in [0.3, 0.4) is 0 Å². The van der Waals surface area contributed by atoms with E-state index >= 15 is 0 Å². The molecule has 3 rings (SSSR count). The van der Waals surface area contributed by atoms with Gasteiger partial charge in [-0.05, 0) is 56.2 Å². The Kier molecular flexibility index (Phi) is 5.64. The van der Waals surface area contributed by atoms with Crippen LogP contribution >= 0.6 is 0 Å². The molecule has 1 fully saturated rings. The van der Waals surface area contributed by atoms with E-state index in [-0.39, 0.29) is 11.8 Å². The summed E-state index contributed by atoms with van der Waals surface area (Å²) >= 11 is 0. The number of hydrogen-bond donors (Lipinski definition) is 2. The molecule has 2 aromatic carbocycles. The number of rotatable bonds is 6. The first kappa shape index (κ1) is 18.8. The fourth-order valence-electron chi connectivity index (χ4n) is 3.26. The van der Waals surface area contributed by atoms with Gasteiger partial charge in [-0.3, -0.25) is 9.59 Å². The summed E-state index contributed by atoms with van der Waals surface area (Å²) in [4.78, 5) is 26.3. The maximum atomic E-state index is 12.5. The van der Waals surface area contributed by atoms with E-state index in [4.69, 9.17) is 4.74 Å². The number of hydrogen-bond acceptors (Lipinski definition) is 4. The molecule has 0 saturated carbocycles. The Morgan fingerprint density at radius 1 is 1.22 bits per heavy atom. The monoisotopic (exact) mass is 367 g/mol. The molecule has 2 aromatic rings. The molecule has 2 amide bonds. The molecule has 6 heteroatoms. The first-order chi connectivity index (χ1) is 13.0. The average molecular weight is 367 g/mol. The minimum atomic E-state index is -0.436. The molecule has 1 atom stereocenters. The average Bonchev–Trinajstić information content (AvgIpc) is 3.08. The number of methoxy groups -OCH3 is 1. The second kappa shape index (κ2) is 8.12. The van der Waals surface area contributed by atoms with Gasteiger partial charge in [-0.2, -0.15) is 0 Å². The fraction of sp³-hybridized carbons (Fsp3) is 0.333. The maximum absolute atomic E-state index is 12.5. The number of nitrogens with zero attached hydrogens (tertiary/aromatic N) is 1. The molecule has 0 unspecified atom stereocenters. The third-order valence-electron chi connectivity index (χ3n) is 4.70. The smallest absolute Gasteiger partial charge is 0.246 e. The molecular weight excluding hydrogens is 342 g/mol. The van der Waals surface area contributed by atoms with Crippen LogP contribution in [0.25, 0.3) is 0 Å². The van der Waals surface area contributed by atoms with Gasteiger partial charge in [0.2, 0.25) is 11.8 Å². The standard InChI is InChI=1S/C21H25N3O3/c1-14-13-16(10-11-18(14)24-12-6-9-20(24)25)22-15(2)21(26)23-17-7-4-5-8-19(17)27-3/h4-5,7-8,10-11,13,15,22H,6,9,12H2,1-3H3,(H,23,26)/t15-/m1/s1. The molecule has 142 valence electrons. The van der Waals surface area contributed by atoms with Gasteiger partial charge in [0.1, 0.15) is 11.8 Å². The van der Waals surface area contributed by atoms with Crippen LogP contribution in [0.1, 0.15) is 25.3 Å². The summed E-state index contributed by atoms with van der Waals surface area (Å²) in [6.45, 7) is 4.55. The molecule has 0 radical (unpaired) electrons. The third kappa shape index (κ3) is 4.22. The fourth-order valence-corrected chi connectivity index (χ4v) is 3.26. The normalized spacial score (nSPS) is 14.8. The van der Waals surface area contributed by atoms with Crippen molar-refractivity contribution in [1.29, 1.82) is 0 Å². The molecule has 0 spiro atoms. The molecule has 6 nitrogen and oxygen atoms in total. The Hall–Kier alpha value is -3.02. The van der Waals surface area contributed by atoms with Crippen molar-refractivity contribution in [2.24, 2.45) is 0 Å². The van der Waals surface area contributed by atoms with Crippen molar-refractivity contribution in [2.75, 3.05) is 29.2 Å². The zero-order chi connectivity index (χ0) is 19.4. The van der Waals surface area contributed by atoms with E-state index in [2.05, 4.69) is 10.6 Å². The van der Waals surface area contributed by atoms with Crippen molar-refractivity contribution in [1.82, 2.24) is 0 Å². The van der Waals surface area contributed by atoms with E-state index in [0.717, 1.165) is 29.9 Å². The first-order valence-corrected chi connectivity index (χ1v) is 9.11. The first-order valence-electron chi connectivity index (χ1n) is 9.11. The highest BCUT2D eigenvalue weighted by Gasteiger charge is 2.23. The Bertz CT molecular complexity index is 850. The second-order valence-electron chi connectivity index (χ2n) is 6.71. The molecule has 1 aliphatic rings. The molecule has 2 N–H and O–H groups in total. The van der Waals surface area contributed by atoms with Crippen LogP contribution in [0.5, 0.6) is 5.75 Å². The van der Waals surface area contributed by atoms with Crippen molar-refractivity contribution < 1.29 is 14.3 Å². The van der Waals surface area contributed by atoms with Gasteiger partial charge in [0, 0.05) is 24.3 Å². The number of anilines is 3. The number of para-hydroxylation sites is 2. The van der Waals surface area contributed by atoms with Crippen LogP contribution in [0, 0.1) is 6.92 Å². The van der Waals surface area contributed by atoms with E-state index in [1.165, 1.54) is 0 Å². The van der Waals surface area contributed by atoms with E-state index in [1.54, 1.807) is 26.2 Å². The lowest BCUT2D eigenvalue weighted by atomic mass is 10.1. The molecule has 1 saturated heterocycles. The number of nitrogens with one attached hydrogen (secondary N) is 2. The van der Waals surface area contributed by atoms with E-state index < -0.39 is 6.04 Å². The number of benzene rings is 2. The molecule has 27 heavy (non-hydrogen) atoms. The topological polar surface area (TPSA) is 70.7 Å². The zero-order valence-corrected chi connectivity index (χ0v) is 15.9. The van der Waals surface area contributed by atoms with Crippen LogP contribution in [-0.4, -0.2) is 31.5 Å². The van der Waals surface area contributed by atoms with Crippen LogP contribution in [0.2, 0.25) is 0 Å². The molecule has 1 aliphatic heterocycles. The minimum Gasteiger partial charge on any atom is -0.495 e. The van der Waals surface area contributed by atoms with Crippen LogP contribution in [0.4, 0.5) is 17.1 Å². The van der Waals surface area contributed by atoms with Gasteiger partial charge in [0.05, 0.1) is 12.8 Å². The van der Waals surface area contributed by atoms with Crippen molar-refractivity contribution in [2.45, 2.75) is 32.7 Å². The number of amides is 2. The Balaban J connectivity index is 1.66. The summed E-state index contributed by atoms with van der Waals surface area (Å²) in [6.07, 6.45) is 1.51. The van der Waals surface area contributed by atoms with E-state index in [0.29, 0.717) is 17.9 Å². The highest BCUT2D eigenvalue weighted by Crippen LogP contribution is 2.28. The highest BCUT2D eigenvalue weighted by molar-refractivity contribution is 5.98. The summed E-state index contributed by atoms with van der Waals surface area (Å²) in [5.74, 6) is 0.632. The van der Waals surface area contributed by atoms with Gasteiger partial charge in [0.15, 0.2) is 0 Å². The third-order valence-corrected chi connectivity index (χ3v) is 4.70. The minimum absolute atomic E-state index is 0.157. The molecular formula is C21H25N3O3. The van der Waals surface area contributed by atoms with Crippen molar-refractivity contribution in [3.8, 4) is 5.75 Å². The largest absolute Gasteiger partial charge is 0.495 e. The highest BCUT2D eigenvalue weighted by atomic mass is 16.5. The summed E-state index contributed by atoms with van der Waals surface area (Å²) < 4.78 is 5.26. The van der Waals surface area contributed by atoms with Crippen molar-refractivity contribution >= 4 is 28.9 Å². The summed E-state index contributed by atoms with van der Waals surface area (Å²) in [5.41, 5.74) is 3.42. The van der Waals surface area contributed by atoms with Gasteiger partial charge in [-0.1, -0.05) is 12.1 Å². The quantitative estimate of drug-likeness (QED) is 0.819. The predicted molar refractivity (Wildman–Crippen MR) is 107 cm³/mol. The van der Waals surface area contributed by atoms with Crippen LogP contribution < -0.4 is 20.3 Å². The van der Waals surface area contributed by atoms with E-state index in [9.17, 15) is 9.59 Å². The lowest BCUT2D eigenvalue weighted by molar-refractivity contribution is -0.117. The molecule has 0 bridgehead atoms. The number of aryl methyl sites for hydroxylation is 1. The Labute approximate surface area is 159 Å². The zero-order valence-electron chi connectivity index (χ0n) is 15.9. The lowest BCUT2D eigenvalue weighted by Crippen LogP contribution is -2.32. The van der Waals surface area contributed by atoms with Crippen LogP contribution in [0.15, 0.2) is 42.5 Å². The van der Waals surface area contributed by atoms with Gasteiger partial charge in [-0.25, -0.2) is 0 Å². The van der Waals surface area contributed by atoms with Crippen LogP contribution in [-0.2, 0) is 9.59 Å². The summed E-state index contributed by atoms with van der Waals surface area (Å²) in [6, 6.07) is 12.7. The number of carbonyl (C=O) groups is 2.